The molecule has 1 heterocycles. The Labute approximate surface area is 100 Å². The molecule has 82 valence electrons. The highest BCUT2D eigenvalue weighted by atomic mass is 35.5. The van der Waals surface area contributed by atoms with Gasteiger partial charge in [-0.2, -0.15) is 0 Å². The van der Waals surface area contributed by atoms with Gasteiger partial charge in [-0.1, -0.05) is 23.4 Å². The molecule has 0 aliphatic heterocycles. The molecule has 0 aliphatic rings. The van der Waals surface area contributed by atoms with Gasteiger partial charge < -0.3 is 10.1 Å². The van der Waals surface area contributed by atoms with Crippen molar-refractivity contribution in [1.29, 1.82) is 0 Å². The van der Waals surface area contributed by atoms with Crippen LogP contribution in [0.25, 0.3) is 0 Å². The van der Waals surface area contributed by atoms with Gasteiger partial charge in [-0.3, -0.25) is 4.79 Å². The molecule has 0 aliphatic carbocycles. The predicted octanol–water partition coefficient (Wildman–Crippen LogP) is 2.28. The van der Waals surface area contributed by atoms with Crippen LogP contribution in [-0.4, -0.2) is 15.1 Å². The summed E-state index contributed by atoms with van der Waals surface area (Å²) < 4.78 is 0. The van der Waals surface area contributed by atoms with Crippen LogP contribution in [0.4, 0.5) is 0 Å². The number of H-pyrrole nitrogens is 1. The van der Waals surface area contributed by atoms with Crippen molar-refractivity contribution in [2.24, 2.45) is 0 Å². The SMILES string of the molecule is O=c1[nH]cnc(Sc2ccc(O)cc2)c1Cl. The molecule has 0 spiro atoms. The quantitative estimate of drug-likeness (QED) is 0.807. The topological polar surface area (TPSA) is 66.0 Å². The van der Waals surface area contributed by atoms with E-state index in [2.05, 4.69) is 9.97 Å². The average molecular weight is 255 g/mol. The van der Waals surface area contributed by atoms with E-state index in [1.54, 1.807) is 24.3 Å². The summed E-state index contributed by atoms with van der Waals surface area (Å²) in [5.74, 6) is 0.189. The second kappa shape index (κ2) is 4.59. The molecular weight excluding hydrogens is 248 g/mol. The first-order valence-corrected chi connectivity index (χ1v) is 5.56. The van der Waals surface area contributed by atoms with Crippen LogP contribution in [-0.2, 0) is 0 Å². The number of aromatic amines is 1. The molecule has 2 N–H and O–H groups in total. The highest BCUT2D eigenvalue weighted by molar-refractivity contribution is 7.99. The molecule has 0 unspecified atom stereocenters. The Kier molecular flexibility index (Phi) is 3.17. The predicted molar refractivity (Wildman–Crippen MR) is 62.1 cm³/mol. The standard InChI is InChI=1S/C10H7ClN2O2S/c11-8-9(15)12-5-13-10(8)16-7-3-1-6(14)2-4-7/h1-5,14H,(H,12,13,15). The van der Waals surface area contributed by atoms with Gasteiger partial charge in [0, 0.05) is 4.90 Å². The maximum Gasteiger partial charge on any atom is 0.270 e. The minimum Gasteiger partial charge on any atom is -0.508 e. The van der Waals surface area contributed by atoms with E-state index in [0.29, 0.717) is 5.03 Å². The second-order valence-corrected chi connectivity index (χ2v) is 4.39. The van der Waals surface area contributed by atoms with Crippen LogP contribution >= 0.6 is 23.4 Å². The normalized spacial score (nSPS) is 10.3. The molecule has 2 aromatic rings. The summed E-state index contributed by atoms with van der Waals surface area (Å²) in [6, 6.07) is 6.56. The van der Waals surface area contributed by atoms with Crippen LogP contribution in [0.5, 0.6) is 5.75 Å². The summed E-state index contributed by atoms with van der Waals surface area (Å²) in [6.07, 6.45) is 1.30. The van der Waals surface area contributed by atoms with Gasteiger partial charge in [-0.15, -0.1) is 0 Å². The van der Waals surface area contributed by atoms with E-state index in [9.17, 15) is 4.79 Å². The molecule has 0 fully saturated rings. The van der Waals surface area contributed by atoms with Gasteiger partial charge in [-0.05, 0) is 24.3 Å². The number of phenols is 1. The molecule has 0 amide bonds. The van der Waals surface area contributed by atoms with Crippen molar-refractivity contribution in [3.05, 3.63) is 46.0 Å². The third-order valence-corrected chi connectivity index (χ3v) is 3.29. The number of halogens is 1. The molecule has 16 heavy (non-hydrogen) atoms. The van der Waals surface area contributed by atoms with E-state index in [1.807, 2.05) is 0 Å². The van der Waals surface area contributed by atoms with Gasteiger partial charge in [-0.25, -0.2) is 4.98 Å². The van der Waals surface area contributed by atoms with Crippen LogP contribution in [0, 0.1) is 0 Å². The molecule has 0 saturated carbocycles. The fourth-order valence-corrected chi connectivity index (χ4v) is 2.07. The molecule has 2 rings (SSSR count). The van der Waals surface area contributed by atoms with Crippen LogP contribution in [0.1, 0.15) is 0 Å². The van der Waals surface area contributed by atoms with Crippen LogP contribution in [0.3, 0.4) is 0 Å². The van der Waals surface area contributed by atoms with Crippen molar-refractivity contribution in [3.63, 3.8) is 0 Å². The zero-order valence-electron chi connectivity index (χ0n) is 7.98. The van der Waals surface area contributed by atoms with Crippen molar-refractivity contribution in [3.8, 4) is 5.75 Å². The number of hydrogen-bond donors (Lipinski definition) is 2. The molecule has 1 aromatic carbocycles. The Bertz CT molecular complexity index is 553. The molecule has 0 atom stereocenters. The molecular formula is C10H7ClN2O2S. The summed E-state index contributed by atoms with van der Waals surface area (Å²) in [7, 11) is 0. The zero-order valence-corrected chi connectivity index (χ0v) is 9.55. The number of aromatic nitrogens is 2. The lowest BCUT2D eigenvalue weighted by Crippen LogP contribution is -2.07. The van der Waals surface area contributed by atoms with Crippen molar-refractivity contribution in [2.45, 2.75) is 9.92 Å². The zero-order chi connectivity index (χ0) is 11.5. The number of nitrogens with zero attached hydrogens (tertiary/aromatic N) is 1. The van der Waals surface area contributed by atoms with Crippen LogP contribution in [0.2, 0.25) is 5.02 Å². The van der Waals surface area contributed by atoms with E-state index >= 15 is 0 Å². The number of rotatable bonds is 2. The van der Waals surface area contributed by atoms with Crippen molar-refractivity contribution < 1.29 is 5.11 Å². The van der Waals surface area contributed by atoms with Gasteiger partial charge >= 0.3 is 0 Å². The second-order valence-electron chi connectivity index (χ2n) is 2.95. The van der Waals surface area contributed by atoms with Crippen LogP contribution in [0.15, 0.2) is 45.3 Å². The molecule has 4 nitrogen and oxygen atoms in total. The lowest BCUT2D eigenvalue weighted by Gasteiger charge is -2.01. The third kappa shape index (κ3) is 2.37. The molecule has 0 radical (unpaired) electrons. The van der Waals surface area contributed by atoms with Gasteiger partial charge in [0.25, 0.3) is 5.56 Å². The van der Waals surface area contributed by atoms with E-state index in [-0.39, 0.29) is 16.3 Å². The average Bonchev–Trinajstić information content (AvgIpc) is 2.28. The van der Waals surface area contributed by atoms with Crippen LogP contribution < -0.4 is 5.56 Å². The molecule has 1 aromatic heterocycles. The van der Waals surface area contributed by atoms with E-state index in [0.717, 1.165) is 4.90 Å². The summed E-state index contributed by atoms with van der Waals surface area (Å²) in [6.45, 7) is 0. The minimum atomic E-state index is -0.363. The summed E-state index contributed by atoms with van der Waals surface area (Å²) in [5.41, 5.74) is -0.363. The first-order chi connectivity index (χ1) is 7.66. The van der Waals surface area contributed by atoms with Gasteiger partial charge in [0.05, 0.1) is 6.33 Å². The number of benzene rings is 1. The van der Waals surface area contributed by atoms with Crippen molar-refractivity contribution in [2.75, 3.05) is 0 Å². The summed E-state index contributed by atoms with van der Waals surface area (Å²) >= 11 is 7.06. The maximum absolute atomic E-state index is 11.2. The highest BCUT2D eigenvalue weighted by Crippen LogP contribution is 2.29. The lowest BCUT2D eigenvalue weighted by molar-refractivity contribution is 0.475. The maximum atomic E-state index is 11.2. The molecule has 0 bridgehead atoms. The number of nitrogens with one attached hydrogen (secondary N) is 1. The van der Waals surface area contributed by atoms with E-state index < -0.39 is 0 Å². The minimum absolute atomic E-state index is 0.0700. The first kappa shape index (κ1) is 11.0. The fraction of sp³-hybridized carbons (Fsp3) is 0. The lowest BCUT2D eigenvalue weighted by atomic mass is 10.3. The van der Waals surface area contributed by atoms with Gasteiger partial charge in [0.1, 0.15) is 15.8 Å². The number of phenolic OH excluding ortho intramolecular Hbond substituents is 1. The Morgan fingerprint density at radius 1 is 1.31 bits per heavy atom. The smallest absolute Gasteiger partial charge is 0.270 e. The Balaban J connectivity index is 2.30. The third-order valence-electron chi connectivity index (χ3n) is 1.82. The van der Waals surface area contributed by atoms with E-state index in [1.165, 1.54) is 18.1 Å². The van der Waals surface area contributed by atoms with Gasteiger partial charge in [0.2, 0.25) is 0 Å². The summed E-state index contributed by atoms with van der Waals surface area (Å²) in [5, 5.41) is 9.63. The Morgan fingerprint density at radius 2 is 2.00 bits per heavy atom. The van der Waals surface area contributed by atoms with Crippen molar-refractivity contribution >= 4 is 23.4 Å². The molecule has 6 heteroatoms. The monoisotopic (exact) mass is 254 g/mol. The Morgan fingerprint density at radius 3 is 2.69 bits per heavy atom. The van der Waals surface area contributed by atoms with Crippen molar-refractivity contribution in [1.82, 2.24) is 9.97 Å². The molecule has 0 saturated heterocycles. The largest absolute Gasteiger partial charge is 0.508 e. The Hall–Kier alpha value is -1.46. The van der Waals surface area contributed by atoms with E-state index in [4.69, 9.17) is 16.7 Å². The van der Waals surface area contributed by atoms with Gasteiger partial charge in [0.15, 0.2) is 0 Å². The highest BCUT2D eigenvalue weighted by Gasteiger charge is 2.07. The number of aromatic hydroxyl groups is 1. The first-order valence-electron chi connectivity index (χ1n) is 4.37. The summed E-state index contributed by atoms with van der Waals surface area (Å²) in [4.78, 5) is 18.4. The number of hydrogen-bond acceptors (Lipinski definition) is 4. The fourth-order valence-electron chi connectivity index (χ4n) is 1.06.